The molecule has 0 spiro atoms. The molecule has 138 valence electrons. The highest BCUT2D eigenvalue weighted by Crippen LogP contribution is 2.29. The largest absolute Gasteiger partial charge is 0.436 e. The first-order valence-corrected chi connectivity index (χ1v) is 9.31. The molecular weight excluding hydrogens is 446 g/mol. The summed E-state index contributed by atoms with van der Waals surface area (Å²) in [4.78, 5) is 19.3. The Morgan fingerprint density at radius 3 is 2.79 bits per heavy atom. The standard InChI is InChI=1S/C20H11BrClN3O3/c21-14-3-1-2-13(9-14)20-24-17-7-5-15(10-19(17)28-20)23-11-12-4-6-16(22)18(8-12)25(26)27/h1-11H. The monoisotopic (exact) mass is 455 g/mol. The van der Waals surface area contributed by atoms with Gasteiger partial charge in [0.1, 0.15) is 10.5 Å². The molecule has 0 aliphatic rings. The van der Waals surface area contributed by atoms with Crippen molar-refractivity contribution in [2.24, 2.45) is 4.99 Å². The number of benzene rings is 3. The summed E-state index contributed by atoms with van der Waals surface area (Å²) < 4.78 is 6.79. The summed E-state index contributed by atoms with van der Waals surface area (Å²) in [6, 6.07) is 17.6. The molecular formula is C20H11BrClN3O3. The Morgan fingerprint density at radius 1 is 1.14 bits per heavy atom. The number of nitro groups is 1. The van der Waals surface area contributed by atoms with Crippen molar-refractivity contribution in [2.45, 2.75) is 0 Å². The lowest BCUT2D eigenvalue weighted by molar-refractivity contribution is -0.384. The summed E-state index contributed by atoms with van der Waals surface area (Å²) in [6.07, 6.45) is 1.54. The van der Waals surface area contributed by atoms with Crippen LogP contribution in [0.5, 0.6) is 0 Å². The second kappa shape index (κ2) is 7.53. The van der Waals surface area contributed by atoms with Crippen LogP contribution in [0, 0.1) is 10.1 Å². The highest BCUT2D eigenvalue weighted by Gasteiger charge is 2.12. The Kier molecular flexibility index (Phi) is 4.93. The Labute approximate surface area is 172 Å². The van der Waals surface area contributed by atoms with Crippen molar-refractivity contribution in [3.63, 3.8) is 0 Å². The number of aliphatic imine (C=N–C) groups is 1. The molecule has 8 heteroatoms. The molecule has 0 saturated carbocycles. The fourth-order valence-electron chi connectivity index (χ4n) is 2.64. The second-order valence-corrected chi connectivity index (χ2v) is 7.23. The van der Waals surface area contributed by atoms with Gasteiger partial charge in [-0.3, -0.25) is 15.1 Å². The molecule has 0 atom stereocenters. The highest BCUT2D eigenvalue weighted by molar-refractivity contribution is 9.10. The summed E-state index contributed by atoms with van der Waals surface area (Å²) in [5.74, 6) is 0.519. The van der Waals surface area contributed by atoms with Gasteiger partial charge < -0.3 is 4.42 Å². The van der Waals surface area contributed by atoms with Crippen LogP contribution in [0.2, 0.25) is 5.02 Å². The first kappa shape index (κ1) is 18.3. The van der Waals surface area contributed by atoms with Gasteiger partial charge in [-0.15, -0.1) is 0 Å². The first-order chi connectivity index (χ1) is 13.5. The number of nitro benzene ring substituents is 1. The number of hydrogen-bond acceptors (Lipinski definition) is 5. The molecule has 0 unspecified atom stereocenters. The van der Waals surface area contributed by atoms with E-state index in [0.29, 0.717) is 22.7 Å². The van der Waals surface area contributed by atoms with Crippen LogP contribution in [0.25, 0.3) is 22.6 Å². The van der Waals surface area contributed by atoms with Crippen molar-refractivity contribution >= 4 is 56.2 Å². The van der Waals surface area contributed by atoms with Gasteiger partial charge in [0.25, 0.3) is 5.69 Å². The molecule has 0 amide bonds. The Balaban J connectivity index is 1.64. The van der Waals surface area contributed by atoms with E-state index in [4.69, 9.17) is 16.0 Å². The summed E-state index contributed by atoms with van der Waals surface area (Å²) in [7, 11) is 0. The molecule has 6 nitrogen and oxygen atoms in total. The topological polar surface area (TPSA) is 81.5 Å². The van der Waals surface area contributed by atoms with Gasteiger partial charge in [0.05, 0.1) is 10.6 Å². The lowest BCUT2D eigenvalue weighted by Crippen LogP contribution is -1.91. The predicted octanol–water partition coefficient (Wildman–Crippen LogP) is 6.57. The van der Waals surface area contributed by atoms with E-state index in [1.165, 1.54) is 18.3 Å². The van der Waals surface area contributed by atoms with E-state index >= 15 is 0 Å². The van der Waals surface area contributed by atoms with Gasteiger partial charge in [-0.05, 0) is 42.0 Å². The lowest BCUT2D eigenvalue weighted by atomic mass is 10.2. The molecule has 0 fully saturated rings. The van der Waals surface area contributed by atoms with Crippen molar-refractivity contribution in [1.82, 2.24) is 4.98 Å². The van der Waals surface area contributed by atoms with E-state index in [9.17, 15) is 10.1 Å². The minimum absolute atomic E-state index is 0.0882. The van der Waals surface area contributed by atoms with E-state index < -0.39 is 4.92 Å². The third kappa shape index (κ3) is 3.81. The summed E-state index contributed by atoms with van der Waals surface area (Å²) in [5, 5.41) is 11.1. The van der Waals surface area contributed by atoms with Crippen LogP contribution in [0.4, 0.5) is 11.4 Å². The number of nitrogens with zero attached hydrogens (tertiary/aromatic N) is 3. The van der Waals surface area contributed by atoms with Crippen LogP contribution < -0.4 is 0 Å². The highest BCUT2D eigenvalue weighted by atomic mass is 79.9. The zero-order valence-corrected chi connectivity index (χ0v) is 16.5. The summed E-state index contributed by atoms with van der Waals surface area (Å²) in [5.41, 5.74) is 3.24. The molecule has 3 aromatic carbocycles. The Morgan fingerprint density at radius 2 is 2.00 bits per heavy atom. The summed E-state index contributed by atoms with van der Waals surface area (Å²) >= 11 is 9.26. The number of oxazole rings is 1. The molecule has 28 heavy (non-hydrogen) atoms. The number of halogens is 2. The van der Waals surface area contributed by atoms with E-state index in [2.05, 4.69) is 25.9 Å². The van der Waals surface area contributed by atoms with Crippen LogP contribution in [0.3, 0.4) is 0 Å². The van der Waals surface area contributed by atoms with Crippen molar-refractivity contribution in [1.29, 1.82) is 0 Å². The zero-order chi connectivity index (χ0) is 19.7. The zero-order valence-electron chi connectivity index (χ0n) is 14.2. The third-order valence-corrected chi connectivity index (χ3v) is 4.79. The van der Waals surface area contributed by atoms with Crippen molar-refractivity contribution < 1.29 is 9.34 Å². The third-order valence-electron chi connectivity index (χ3n) is 3.97. The molecule has 0 bridgehead atoms. The molecule has 1 heterocycles. The smallest absolute Gasteiger partial charge is 0.288 e. The van der Waals surface area contributed by atoms with Gasteiger partial charge in [0.15, 0.2) is 5.58 Å². The van der Waals surface area contributed by atoms with E-state index in [-0.39, 0.29) is 10.7 Å². The van der Waals surface area contributed by atoms with Crippen molar-refractivity contribution in [2.75, 3.05) is 0 Å². The Hall–Kier alpha value is -3.03. The van der Waals surface area contributed by atoms with Gasteiger partial charge in [0, 0.05) is 28.4 Å². The summed E-state index contributed by atoms with van der Waals surface area (Å²) in [6.45, 7) is 0. The van der Waals surface area contributed by atoms with Crippen LogP contribution >= 0.6 is 27.5 Å². The lowest BCUT2D eigenvalue weighted by Gasteiger charge is -1.97. The number of rotatable bonds is 4. The number of hydrogen-bond donors (Lipinski definition) is 0. The molecule has 4 aromatic rings. The number of aromatic nitrogens is 1. The second-order valence-electron chi connectivity index (χ2n) is 5.91. The van der Waals surface area contributed by atoms with Crippen LogP contribution in [-0.4, -0.2) is 16.1 Å². The van der Waals surface area contributed by atoms with Crippen molar-refractivity contribution in [3.05, 3.63) is 85.8 Å². The molecule has 0 aliphatic heterocycles. The molecule has 0 radical (unpaired) electrons. The van der Waals surface area contributed by atoms with Gasteiger partial charge in [0.2, 0.25) is 5.89 Å². The molecule has 0 saturated heterocycles. The van der Waals surface area contributed by atoms with Crippen molar-refractivity contribution in [3.8, 4) is 11.5 Å². The maximum absolute atomic E-state index is 11.0. The normalized spacial score (nSPS) is 11.4. The van der Waals surface area contributed by atoms with E-state index in [0.717, 1.165) is 15.6 Å². The molecule has 1 aromatic heterocycles. The fourth-order valence-corrected chi connectivity index (χ4v) is 3.22. The number of fused-ring (bicyclic) bond motifs is 1. The maximum Gasteiger partial charge on any atom is 0.288 e. The molecule has 0 aliphatic carbocycles. The van der Waals surface area contributed by atoms with Crippen LogP contribution in [-0.2, 0) is 0 Å². The van der Waals surface area contributed by atoms with E-state index in [1.807, 2.05) is 30.3 Å². The average molecular weight is 457 g/mol. The van der Waals surface area contributed by atoms with E-state index in [1.54, 1.807) is 18.2 Å². The average Bonchev–Trinajstić information content (AvgIpc) is 3.10. The minimum atomic E-state index is -0.524. The van der Waals surface area contributed by atoms with Gasteiger partial charge in [-0.1, -0.05) is 39.7 Å². The molecule has 4 rings (SSSR count). The van der Waals surface area contributed by atoms with Gasteiger partial charge >= 0.3 is 0 Å². The maximum atomic E-state index is 11.0. The van der Waals surface area contributed by atoms with Gasteiger partial charge in [-0.2, -0.15) is 0 Å². The van der Waals surface area contributed by atoms with Crippen LogP contribution in [0.1, 0.15) is 5.56 Å². The quantitative estimate of drug-likeness (QED) is 0.197. The fraction of sp³-hybridized carbons (Fsp3) is 0. The molecule has 0 N–H and O–H groups in total. The predicted molar refractivity (Wildman–Crippen MR) is 113 cm³/mol. The Bertz CT molecular complexity index is 1240. The van der Waals surface area contributed by atoms with Gasteiger partial charge in [-0.25, -0.2) is 4.98 Å². The van der Waals surface area contributed by atoms with Crippen LogP contribution in [0.15, 0.2) is 74.5 Å². The minimum Gasteiger partial charge on any atom is -0.436 e. The first-order valence-electron chi connectivity index (χ1n) is 8.14. The SMILES string of the molecule is O=[N+]([O-])c1cc(C=Nc2ccc3nc(-c4cccc(Br)c4)oc3c2)ccc1Cl.